The van der Waals surface area contributed by atoms with Gasteiger partial charge in [-0.25, -0.2) is 5.43 Å². The van der Waals surface area contributed by atoms with Gasteiger partial charge in [-0.2, -0.15) is 5.10 Å². The van der Waals surface area contributed by atoms with Crippen LogP contribution in [0.2, 0.25) is 5.02 Å². The summed E-state index contributed by atoms with van der Waals surface area (Å²) in [6.07, 6.45) is 1.49. The van der Waals surface area contributed by atoms with Gasteiger partial charge in [-0.05, 0) is 49.4 Å². The van der Waals surface area contributed by atoms with Gasteiger partial charge >= 0.3 is 0 Å². The zero-order valence-corrected chi connectivity index (χ0v) is 16.5. The molecule has 0 aliphatic heterocycles. The molecule has 0 unspecified atom stereocenters. The van der Waals surface area contributed by atoms with Crippen molar-refractivity contribution < 1.29 is 19.1 Å². The van der Waals surface area contributed by atoms with Gasteiger partial charge in [-0.15, -0.1) is 0 Å². The second-order valence-electron chi connectivity index (χ2n) is 5.69. The molecule has 2 N–H and O–H groups in total. The van der Waals surface area contributed by atoms with Crippen molar-refractivity contribution in [3.05, 3.63) is 53.1 Å². The first kappa shape index (κ1) is 21.2. The van der Waals surface area contributed by atoms with Crippen LogP contribution in [0, 0.1) is 0 Å². The van der Waals surface area contributed by atoms with Crippen LogP contribution >= 0.6 is 11.6 Å². The predicted octanol–water partition coefficient (Wildman–Crippen LogP) is 3.62. The highest BCUT2D eigenvalue weighted by Crippen LogP contribution is 2.21. The molecular weight excluding hydrogens is 382 g/mol. The van der Waals surface area contributed by atoms with Crippen LogP contribution in [0.25, 0.3) is 0 Å². The van der Waals surface area contributed by atoms with E-state index in [1.807, 2.05) is 6.92 Å². The molecule has 0 aromatic heterocycles. The maximum Gasteiger partial charge on any atom is 0.240 e. The molecule has 2 rings (SSSR count). The fraction of sp³-hybridized carbons (Fsp3) is 0.250. The lowest BCUT2D eigenvalue weighted by Gasteiger charge is -2.07. The molecule has 0 aliphatic rings. The van der Waals surface area contributed by atoms with Gasteiger partial charge in [0.25, 0.3) is 0 Å². The van der Waals surface area contributed by atoms with Crippen molar-refractivity contribution in [2.45, 2.75) is 19.8 Å². The normalized spacial score (nSPS) is 10.5. The van der Waals surface area contributed by atoms with Crippen LogP contribution in [0.4, 0.5) is 5.69 Å². The maximum atomic E-state index is 11.9. The standard InChI is InChI=1S/C20H22ClN3O4/c1-3-28-18-9-4-15(21)12-14(18)13-22-24-20(26)11-10-19(25)23-16-5-7-17(27-2)8-6-16/h4-9,12-13H,3,10-11H2,1-2H3,(H,23,25)(H,24,26). The van der Waals surface area contributed by atoms with Gasteiger partial charge in [0.15, 0.2) is 0 Å². The Bertz CT molecular complexity index is 838. The second kappa shape index (κ2) is 10.9. The number of anilines is 1. The average molecular weight is 404 g/mol. The highest BCUT2D eigenvalue weighted by atomic mass is 35.5. The van der Waals surface area contributed by atoms with Crippen LogP contribution in [0.3, 0.4) is 0 Å². The topological polar surface area (TPSA) is 89.0 Å². The molecule has 148 valence electrons. The van der Waals surface area contributed by atoms with Gasteiger partial charge in [0.2, 0.25) is 11.8 Å². The lowest BCUT2D eigenvalue weighted by atomic mass is 10.2. The van der Waals surface area contributed by atoms with Gasteiger partial charge in [0.1, 0.15) is 11.5 Å². The molecule has 0 heterocycles. The van der Waals surface area contributed by atoms with Crippen molar-refractivity contribution in [3.8, 4) is 11.5 Å². The zero-order chi connectivity index (χ0) is 20.4. The highest BCUT2D eigenvalue weighted by molar-refractivity contribution is 6.30. The van der Waals surface area contributed by atoms with E-state index < -0.39 is 0 Å². The number of rotatable bonds is 9. The molecule has 2 amide bonds. The number of halogens is 1. The summed E-state index contributed by atoms with van der Waals surface area (Å²) in [6.45, 7) is 2.37. The van der Waals surface area contributed by atoms with Crippen molar-refractivity contribution >= 4 is 35.3 Å². The van der Waals surface area contributed by atoms with Crippen LogP contribution in [0.5, 0.6) is 11.5 Å². The Morgan fingerprint density at radius 1 is 1.11 bits per heavy atom. The minimum absolute atomic E-state index is 0.00713. The smallest absolute Gasteiger partial charge is 0.240 e. The van der Waals surface area contributed by atoms with Crippen LogP contribution in [0.1, 0.15) is 25.3 Å². The first-order chi connectivity index (χ1) is 13.5. The van der Waals surface area contributed by atoms with E-state index in [0.717, 1.165) is 0 Å². The number of hydrazone groups is 1. The van der Waals surface area contributed by atoms with E-state index in [9.17, 15) is 9.59 Å². The third kappa shape index (κ3) is 6.92. The van der Waals surface area contributed by atoms with E-state index in [2.05, 4.69) is 15.8 Å². The fourth-order valence-electron chi connectivity index (χ4n) is 2.26. The number of benzene rings is 2. The quantitative estimate of drug-likeness (QED) is 0.494. The number of ether oxygens (including phenoxy) is 2. The summed E-state index contributed by atoms with van der Waals surface area (Å²) in [5.41, 5.74) is 3.67. The Balaban J connectivity index is 1.79. The molecule has 0 atom stereocenters. The van der Waals surface area contributed by atoms with E-state index in [-0.39, 0.29) is 24.7 Å². The summed E-state index contributed by atoms with van der Waals surface area (Å²) < 4.78 is 10.5. The molecule has 0 aliphatic carbocycles. The van der Waals surface area contributed by atoms with Crippen molar-refractivity contribution in [2.24, 2.45) is 5.10 Å². The molecule has 2 aromatic carbocycles. The molecule has 0 spiro atoms. The Morgan fingerprint density at radius 3 is 2.50 bits per heavy atom. The summed E-state index contributed by atoms with van der Waals surface area (Å²) in [6, 6.07) is 12.1. The van der Waals surface area contributed by atoms with Crippen molar-refractivity contribution in [1.82, 2.24) is 5.43 Å². The molecule has 0 radical (unpaired) electrons. The average Bonchev–Trinajstić information content (AvgIpc) is 2.69. The molecule has 8 heteroatoms. The first-order valence-electron chi connectivity index (χ1n) is 8.70. The van der Waals surface area contributed by atoms with E-state index >= 15 is 0 Å². The number of nitrogens with one attached hydrogen (secondary N) is 2. The lowest BCUT2D eigenvalue weighted by Crippen LogP contribution is -2.20. The van der Waals surface area contributed by atoms with Crippen molar-refractivity contribution in [3.63, 3.8) is 0 Å². The molecule has 0 saturated heterocycles. The summed E-state index contributed by atoms with van der Waals surface area (Å²) in [4.78, 5) is 23.8. The lowest BCUT2D eigenvalue weighted by molar-refractivity contribution is -0.124. The summed E-state index contributed by atoms with van der Waals surface area (Å²) in [5, 5.41) is 7.15. The van der Waals surface area contributed by atoms with Crippen molar-refractivity contribution in [2.75, 3.05) is 19.0 Å². The Hall–Kier alpha value is -3.06. The number of hydrogen-bond acceptors (Lipinski definition) is 5. The van der Waals surface area contributed by atoms with Crippen molar-refractivity contribution in [1.29, 1.82) is 0 Å². The number of carbonyl (C=O) groups is 2. The van der Waals surface area contributed by atoms with E-state index in [1.165, 1.54) is 6.21 Å². The maximum absolute atomic E-state index is 11.9. The van der Waals surface area contributed by atoms with Crippen LogP contribution in [-0.2, 0) is 9.59 Å². The summed E-state index contributed by atoms with van der Waals surface area (Å²) >= 11 is 5.97. The fourth-order valence-corrected chi connectivity index (χ4v) is 2.44. The van der Waals surface area contributed by atoms with Gasteiger partial charge in [-0.3, -0.25) is 9.59 Å². The van der Waals surface area contributed by atoms with Gasteiger partial charge in [-0.1, -0.05) is 11.6 Å². The molecule has 2 aromatic rings. The van der Waals surface area contributed by atoms with Gasteiger partial charge in [0.05, 0.1) is 19.9 Å². The molecule has 0 bridgehead atoms. The molecule has 28 heavy (non-hydrogen) atoms. The monoisotopic (exact) mass is 403 g/mol. The minimum atomic E-state index is -0.374. The second-order valence-corrected chi connectivity index (χ2v) is 6.12. The number of methoxy groups -OCH3 is 1. The highest BCUT2D eigenvalue weighted by Gasteiger charge is 2.07. The molecular formula is C20H22ClN3O4. The van der Waals surface area contributed by atoms with E-state index in [4.69, 9.17) is 21.1 Å². The Kier molecular flexibility index (Phi) is 8.30. The number of nitrogens with zero attached hydrogens (tertiary/aromatic N) is 1. The van der Waals surface area contributed by atoms with Crippen LogP contribution < -0.4 is 20.2 Å². The molecule has 0 fully saturated rings. The minimum Gasteiger partial charge on any atom is -0.497 e. The summed E-state index contributed by atoms with van der Waals surface area (Å²) in [5.74, 6) is 0.671. The third-order valence-corrected chi connectivity index (χ3v) is 3.85. The Labute approximate surface area is 168 Å². The Morgan fingerprint density at radius 2 is 1.82 bits per heavy atom. The van der Waals surface area contributed by atoms with Crippen LogP contribution in [0.15, 0.2) is 47.6 Å². The van der Waals surface area contributed by atoms with Gasteiger partial charge in [0, 0.05) is 29.1 Å². The molecule has 0 saturated carbocycles. The van der Waals surface area contributed by atoms with E-state index in [1.54, 1.807) is 49.6 Å². The van der Waals surface area contributed by atoms with Gasteiger partial charge < -0.3 is 14.8 Å². The van der Waals surface area contributed by atoms with E-state index in [0.29, 0.717) is 34.4 Å². The summed E-state index contributed by atoms with van der Waals surface area (Å²) in [7, 11) is 1.57. The third-order valence-electron chi connectivity index (χ3n) is 3.62. The molecule has 7 nitrogen and oxygen atoms in total. The number of hydrogen-bond donors (Lipinski definition) is 2. The largest absolute Gasteiger partial charge is 0.497 e. The predicted molar refractivity (Wildman–Crippen MR) is 109 cm³/mol. The first-order valence-corrected chi connectivity index (χ1v) is 9.07. The zero-order valence-electron chi connectivity index (χ0n) is 15.7. The van der Waals surface area contributed by atoms with Crippen LogP contribution in [-0.4, -0.2) is 31.7 Å². The number of amides is 2. The number of carbonyl (C=O) groups excluding carboxylic acids is 2. The SMILES string of the molecule is CCOc1ccc(Cl)cc1C=NNC(=O)CCC(=O)Nc1ccc(OC)cc1.